The van der Waals surface area contributed by atoms with E-state index in [1.807, 2.05) is 6.92 Å². The van der Waals surface area contributed by atoms with Gasteiger partial charge in [0, 0.05) is 29.3 Å². The Labute approximate surface area is 236 Å². The van der Waals surface area contributed by atoms with Gasteiger partial charge >= 0.3 is 0 Å². The number of nitrogens with one attached hydrogen (secondary N) is 2. The van der Waals surface area contributed by atoms with Gasteiger partial charge in [-0.2, -0.15) is 0 Å². The second kappa shape index (κ2) is 11.7. The molecular weight excluding hydrogens is 549 g/mol. The van der Waals surface area contributed by atoms with E-state index in [1.54, 1.807) is 38.1 Å². The smallest absolute Gasteiger partial charge is 0.263 e. The van der Waals surface area contributed by atoms with Gasteiger partial charge in [0.15, 0.2) is 5.60 Å². The van der Waals surface area contributed by atoms with Crippen molar-refractivity contribution in [3.63, 3.8) is 0 Å². The Morgan fingerprint density at radius 3 is 2.41 bits per heavy atom. The van der Waals surface area contributed by atoms with Crippen LogP contribution in [0.3, 0.4) is 0 Å². The number of piperidine rings is 1. The molecule has 3 atom stereocenters. The average Bonchev–Trinajstić information content (AvgIpc) is 3.13. The highest BCUT2D eigenvalue weighted by Gasteiger charge is 2.43. The first-order valence-electron chi connectivity index (χ1n) is 12.8. The number of ether oxygens (including phenoxy) is 1. The number of carbonyl (C=O) groups is 2. The van der Waals surface area contributed by atoms with Crippen molar-refractivity contribution in [3.8, 4) is 5.75 Å². The molecule has 2 saturated heterocycles. The first kappa shape index (κ1) is 29.1. The molecule has 2 amide bonds. The Morgan fingerprint density at radius 2 is 1.85 bits per heavy atom. The standard InChI is InChI=1S/C28H32Cl2F2N4O3/c1-15(2)20-11-23(22(30)12-21(20)29)39-28(3,4)27(38)35-17-9-18-6-7-19(10-17)36(18)25-8-5-16(13-33-25)26(37)34-14-24(31)32/h5,8,11-13,17-19,24H,1,6-7,9-10,14H2,2-4H3,(H,34,37)(H,35,38)/t17?,18-,19+. The lowest BCUT2D eigenvalue weighted by atomic mass is 9.96. The molecule has 3 heterocycles. The normalized spacial score (nSPS) is 20.6. The molecule has 2 N–H and O–H groups in total. The van der Waals surface area contributed by atoms with Crippen molar-refractivity contribution in [2.75, 3.05) is 11.4 Å². The first-order chi connectivity index (χ1) is 18.4. The van der Waals surface area contributed by atoms with Crippen LogP contribution in [0.4, 0.5) is 14.6 Å². The third-order valence-electron chi connectivity index (χ3n) is 7.15. The van der Waals surface area contributed by atoms with Crippen LogP contribution in [0.1, 0.15) is 62.4 Å². The molecule has 0 radical (unpaired) electrons. The van der Waals surface area contributed by atoms with Gasteiger partial charge in [-0.15, -0.1) is 0 Å². The maximum absolute atomic E-state index is 13.3. The van der Waals surface area contributed by atoms with Gasteiger partial charge in [0.25, 0.3) is 18.2 Å². The summed E-state index contributed by atoms with van der Waals surface area (Å²) in [4.78, 5) is 32.0. The molecule has 39 heavy (non-hydrogen) atoms. The summed E-state index contributed by atoms with van der Waals surface area (Å²) in [5.74, 6) is 0.249. The lowest BCUT2D eigenvalue weighted by Gasteiger charge is -2.40. The van der Waals surface area contributed by atoms with E-state index in [9.17, 15) is 18.4 Å². The molecule has 2 aromatic rings. The Balaban J connectivity index is 1.38. The summed E-state index contributed by atoms with van der Waals surface area (Å²) in [6.45, 7) is 8.44. The highest BCUT2D eigenvalue weighted by atomic mass is 35.5. The molecule has 2 bridgehead atoms. The Morgan fingerprint density at radius 1 is 1.18 bits per heavy atom. The van der Waals surface area contributed by atoms with Crippen molar-refractivity contribution < 1.29 is 23.1 Å². The van der Waals surface area contributed by atoms with Gasteiger partial charge in [0.05, 0.1) is 17.1 Å². The highest BCUT2D eigenvalue weighted by Crippen LogP contribution is 2.39. The minimum Gasteiger partial charge on any atom is -0.476 e. The number of nitrogens with zero attached hydrogens (tertiary/aromatic N) is 2. The summed E-state index contributed by atoms with van der Waals surface area (Å²) in [5.41, 5.74) is 0.492. The molecule has 1 aromatic carbocycles. The Bertz CT molecular complexity index is 1240. The van der Waals surface area contributed by atoms with Crippen molar-refractivity contribution in [2.24, 2.45) is 0 Å². The molecule has 11 heteroatoms. The zero-order valence-corrected chi connectivity index (χ0v) is 23.6. The molecule has 2 fully saturated rings. The van der Waals surface area contributed by atoms with Crippen LogP contribution in [0.2, 0.25) is 10.0 Å². The zero-order valence-electron chi connectivity index (χ0n) is 22.1. The van der Waals surface area contributed by atoms with Crippen LogP contribution < -0.4 is 20.3 Å². The fourth-order valence-corrected chi connectivity index (χ4v) is 5.81. The highest BCUT2D eigenvalue weighted by molar-refractivity contribution is 6.36. The topological polar surface area (TPSA) is 83.6 Å². The number of hydrogen-bond acceptors (Lipinski definition) is 5. The van der Waals surface area contributed by atoms with Gasteiger partial charge in [0.1, 0.15) is 11.6 Å². The molecule has 0 aliphatic carbocycles. The SMILES string of the molecule is C=C(C)c1cc(OC(C)(C)C(=O)NC2C[C@H]3CC[C@@H](C2)N3c2ccc(C(=O)NCC(F)F)cn2)c(Cl)cc1Cl. The van der Waals surface area contributed by atoms with Gasteiger partial charge in [-0.3, -0.25) is 9.59 Å². The number of carbonyl (C=O) groups excluding carboxylic acids is 2. The summed E-state index contributed by atoms with van der Waals surface area (Å²) >= 11 is 12.6. The van der Waals surface area contributed by atoms with E-state index in [0.717, 1.165) is 37.1 Å². The number of fused-ring (bicyclic) bond motifs is 2. The minimum atomic E-state index is -2.61. The Hall–Kier alpha value is -2.91. The van der Waals surface area contributed by atoms with E-state index in [1.165, 1.54) is 6.20 Å². The molecule has 7 nitrogen and oxygen atoms in total. The van der Waals surface area contributed by atoms with E-state index in [-0.39, 0.29) is 29.6 Å². The number of allylic oxidation sites excluding steroid dienone is 1. The van der Waals surface area contributed by atoms with Gasteiger partial charge in [-0.25, -0.2) is 13.8 Å². The number of alkyl halides is 2. The quantitative estimate of drug-likeness (QED) is 0.386. The molecular formula is C28H32Cl2F2N4O3. The monoisotopic (exact) mass is 580 g/mol. The van der Waals surface area contributed by atoms with Crippen LogP contribution in [0.25, 0.3) is 5.57 Å². The number of rotatable bonds is 9. The van der Waals surface area contributed by atoms with Gasteiger partial charge < -0.3 is 20.3 Å². The fourth-order valence-electron chi connectivity index (χ4n) is 5.23. The van der Waals surface area contributed by atoms with Crippen molar-refractivity contribution in [1.29, 1.82) is 0 Å². The molecule has 4 rings (SSSR count). The van der Waals surface area contributed by atoms with Crippen molar-refractivity contribution in [3.05, 3.63) is 58.2 Å². The summed E-state index contributed by atoms with van der Waals surface area (Å²) in [6.07, 6.45) is 2.18. The van der Waals surface area contributed by atoms with E-state index >= 15 is 0 Å². The van der Waals surface area contributed by atoms with Gasteiger partial charge in [-0.1, -0.05) is 29.8 Å². The summed E-state index contributed by atoms with van der Waals surface area (Å²) in [5, 5.41) is 6.11. The molecule has 2 aliphatic heterocycles. The van der Waals surface area contributed by atoms with Crippen LogP contribution in [0, 0.1) is 0 Å². The number of amides is 2. The molecule has 0 spiro atoms. The second-order valence-corrected chi connectivity index (χ2v) is 11.4. The largest absolute Gasteiger partial charge is 0.476 e. The van der Waals surface area contributed by atoms with Gasteiger partial charge in [0.2, 0.25) is 0 Å². The maximum atomic E-state index is 13.3. The van der Waals surface area contributed by atoms with Gasteiger partial charge in [-0.05, 0) is 81.9 Å². The van der Waals surface area contributed by atoms with Crippen LogP contribution >= 0.6 is 23.2 Å². The number of hydrogen-bond donors (Lipinski definition) is 2. The third-order valence-corrected chi connectivity index (χ3v) is 7.76. The molecule has 2 aliphatic rings. The van der Waals surface area contributed by atoms with Crippen LogP contribution in [-0.2, 0) is 4.79 Å². The first-order valence-corrected chi connectivity index (χ1v) is 13.6. The van der Waals surface area contributed by atoms with Crippen LogP contribution in [-0.4, -0.2) is 53.5 Å². The van der Waals surface area contributed by atoms with Crippen molar-refractivity contribution in [2.45, 2.75) is 76.6 Å². The number of benzene rings is 1. The van der Waals surface area contributed by atoms with Crippen LogP contribution in [0.5, 0.6) is 5.75 Å². The second-order valence-electron chi connectivity index (χ2n) is 10.6. The van der Waals surface area contributed by atoms with Crippen LogP contribution in [0.15, 0.2) is 37.0 Å². The Kier molecular flexibility index (Phi) is 8.71. The minimum absolute atomic E-state index is 0.0415. The lowest BCUT2D eigenvalue weighted by Crippen LogP contribution is -2.55. The number of anilines is 1. The zero-order chi connectivity index (χ0) is 28.5. The van der Waals surface area contributed by atoms with E-state index in [4.69, 9.17) is 27.9 Å². The number of pyridine rings is 1. The molecule has 1 unspecified atom stereocenters. The fraction of sp³-hybridized carbons (Fsp3) is 0.464. The summed E-state index contributed by atoms with van der Waals surface area (Å²) in [7, 11) is 0. The van der Waals surface area contributed by atoms with E-state index in [2.05, 4.69) is 27.1 Å². The summed E-state index contributed by atoms with van der Waals surface area (Å²) < 4.78 is 30.8. The molecule has 1 aromatic heterocycles. The number of aromatic nitrogens is 1. The average molecular weight is 581 g/mol. The van der Waals surface area contributed by atoms with E-state index < -0.39 is 24.5 Å². The predicted molar refractivity (Wildman–Crippen MR) is 149 cm³/mol. The molecule has 0 saturated carbocycles. The lowest BCUT2D eigenvalue weighted by molar-refractivity contribution is -0.135. The predicted octanol–water partition coefficient (Wildman–Crippen LogP) is 5.89. The van der Waals surface area contributed by atoms with Crippen molar-refractivity contribution >= 4 is 46.4 Å². The maximum Gasteiger partial charge on any atom is 0.263 e. The molecule has 210 valence electrons. The number of halogens is 4. The summed E-state index contributed by atoms with van der Waals surface area (Å²) in [6, 6.07) is 6.92. The van der Waals surface area contributed by atoms with Crippen molar-refractivity contribution in [1.82, 2.24) is 15.6 Å². The van der Waals surface area contributed by atoms with E-state index in [0.29, 0.717) is 21.4 Å². The third kappa shape index (κ3) is 6.64.